The van der Waals surface area contributed by atoms with Crippen LogP contribution >= 0.6 is 11.6 Å². The van der Waals surface area contributed by atoms with Crippen LogP contribution in [0.2, 0.25) is 5.02 Å². The van der Waals surface area contributed by atoms with Gasteiger partial charge < -0.3 is 15.0 Å². The second-order valence-corrected chi connectivity index (χ2v) is 8.08. The largest absolute Gasteiger partial charge is 0.447 e. The summed E-state index contributed by atoms with van der Waals surface area (Å²) in [5, 5.41) is 4.57. The molecule has 2 atom stereocenters. The number of carbonyl (C=O) groups is 1. The van der Waals surface area contributed by atoms with Crippen LogP contribution in [0.15, 0.2) is 41.3 Å². The number of pyridine rings is 1. The number of hydrogen-bond acceptors (Lipinski definition) is 6. The van der Waals surface area contributed by atoms with E-state index in [-0.39, 0.29) is 23.6 Å². The highest BCUT2D eigenvalue weighted by molar-refractivity contribution is 6.31. The quantitative estimate of drug-likeness (QED) is 0.635. The van der Waals surface area contributed by atoms with E-state index in [1.165, 1.54) is 0 Å². The van der Waals surface area contributed by atoms with Crippen molar-refractivity contribution < 1.29 is 9.53 Å². The van der Waals surface area contributed by atoms with Gasteiger partial charge in [-0.1, -0.05) is 25.4 Å². The molecule has 156 valence electrons. The van der Waals surface area contributed by atoms with Crippen LogP contribution < -0.4 is 15.8 Å². The van der Waals surface area contributed by atoms with E-state index in [4.69, 9.17) is 16.3 Å². The third-order valence-electron chi connectivity index (χ3n) is 5.21. The zero-order valence-corrected chi connectivity index (χ0v) is 17.6. The summed E-state index contributed by atoms with van der Waals surface area (Å²) in [5.74, 6) is 0.984. The van der Waals surface area contributed by atoms with Gasteiger partial charge in [-0.05, 0) is 43.2 Å². The van der Waals surface area contributed by atoms with Gasteiger partial charge in [0.2, 0.25) is 5.95 Å². The summed E-state index contributed by atoms with van der Waals surface area (Å²) in [4.78, 5) is 37.9. The van der Waals surface area contributed by atoms with Crippen molar-refractivity contribution in [3.8, 4) is 0 Å². The third kappa shape index (κ3) is 3.82. The Morgan fingerprint density at radius 3 is 2.80 bits per heavy atom. The third-order valence-corrected chi connectivity index (χ3v) is 5.45. The molecule has 3 aromatic rings. The molecule has 0 bridgehead atoms. The standard InChI is InChI=1S/C21H22ClN5O3/c1-11(2)17-10-30-21(29)27(17)18-6-7-23-20(26-18)24-12(3)15-9-13-8-14(22)4-5-16(13)25-19(15)28/h4-9,11-12,17H,10H2,1-3H3,(H,25,28)(H,23,24,26)/t12-,17?/m0/s1. The van der Waals surface area contributed by atoms with Crippen molar-refractivity contribution in [2.75, 3.05) is 16.8 Å². The number of nitrogens with one attached hydrogen (secondary N) is 2. The number of aromatic amines is 1. The monoisotopic (exact) mass is 427 g/mol. The Morgan fingerprint density at radius 1 is 1.23 bits per heavy atom. The van der Waals surface area contributed by atoms with Crippen LogP contribution in [0.3, 0.4) is 0 Å². The van der Waals surface area contributed by atoms with Crippen molar-refractivity contribution in [1.29, 1.82) is 0 Å². The molecule has 1 amide bonds. The van der Waals surface area contributed by atoms with E-state index in [0.29, 0.717) is 34.5 Å². The van der Waals surface area contributed by atoms with E-state index < -0.39 is 6.09 Å². The van der Waals surface area contributed by atoms with Crippen LogP contribution in [-0.4, -0.2) is 33.7 Å². The lowest BCUT2D eigenvalue weighted by atomic mass is 10.0. The number of amides is 1. The topological polar surface area (TPSA) is 100 Å². The maximum atomic E-state index is 12.5. The summed E-state index contributed by atoms with van der Waals surface area (Å²) in [5.41, 5.74) is 1.04. The maximum Gasteiger partial charge on any atom is 0.415 e. The Balaban J connectivity index is 1.61. The van der Waals surface area contributed by atoms with Crippen LogP contribution in [0, 0.1) is 5.92 Å². The average molecular weight is 428 g/mol. The van der Waals surface area contributed by atoms with Gasteiger partial charge in [0, 0.05) is 27.7 Å². The van der Waals surface area contributed by atoms with Crippen molar-refractivity contribution in [3.05, 3.63) is 57.5 Å². The first-order chi connectivity index (χ1) is 14.3. The summed E-state index contributed by atoms with van der Waals surface area (Å²) in [6.45, 7) is 6.23. The minimum Gasteiger partial charge on any atom is -0.447 e. The summed E-state index contributed by atoms with van der Waals surface area (Å²) in [6.07, 6.45) is 1.15. The number of aromatic nitrogens is 3. The molecule has 0 aliphatic carbocycles. The first kappa shape index (κ1) is 20.2. The number of H-pyrrole nitrogens is 1. The van der Waals surface area contributed by atoms with Crippen LogP contribution in [0.25, 0.3) is 10.9 Å². The summed E-state index contributed by atoms with van der Waals surface area (Å²) < 4.78 is 5.20. The molecule has 0 saturated carbocycles. The zero-order chi connectivity index (χ0) is 21.4. The second kappa shape index (κ2) is 7.95. The van der Waals surface area contributed by atoms with Gasteiger partial charge in [0.05, 0.1) is 12.1 Å². The molecule has 1 aromatic carbocycles. The van der Waals surface area contributed by atoms with E-state index in [0.717, 1.165) is 5.39 Å². The Hall–Kier alpha value is -3.13. The molecule has 1 saturated heterocycles. The van der Waals surface area contributed by atoms with Gasteiger partial charge in [0.1, 0.15) is 12.4 Å². The molecule has 8 nitrogen and oxygen atoms in total. The maximum absolute atomic E-state index is 12.5. The van der Waals surface area contributed by atoms with Crippen LogP contribution in [0.1, 0.15) is 32.4 Å². The highest BCUT2D eigenvalue weighted by Gasteiger charge is 2.37. The number of benzene rings is 1. The van der Waals surface area contributed by atoms with E-state index >= 15 is 0 Å². The minimum absolute atomic E-state index is 0.0919. The van der Waals surface area contributed by atoms with Gasteiger partial charge in [-0.15, -0.1) is 0 Å². The number of carbonyl (C=O) groups excluding carboxylic acids is 1. The fourth-order valence-corrected chi connectivity index (χ4v) is 3.71. The molecule has 4 rings (SSSR count). The molecular weight excluding hydrogens is 406 g/mol. The van der Waals surface area contributed by atoms with E-state index in [9.17, 15) is 9.59 Å². The fourth-order valence-electron chi connectivity index (χ4n) is 3.53. The first-order valence-corrected chi connectivity index (χ1v) is 10.1. The van der Waals surface area contributed by atoms with Gasteiger partial charge in [-0.2, -0.15) is 4.98 Å². The predicted octanol–water partition coefficient (Wildman–Crippen LogP) is 4.13. The minimum atomic E-state index is -0.422. The number of ether oxygens (including phenoxy) is 1. The Morgan fingerprint density at radius 2 is 2.03 bits per heavy atom. The number of halogens is 1. The van der Waals surface area contributed by atoms with Crippen molar-refractivity contribution in [1.82, 2.24) is 15.0 Å². The molecule has 2 aromatic heterocycles. The van der Waals surface area contributed by atoms with Gasteiger partial charge in [-0.3, -0.25) is 9.69 Å². The number of nitrogens with zero attached hydrogens (tertiary/aromatic N) is 3. The average Bonchev–Trinajstić information content (AvgIpc) is 3.09. The molecule has 1 unspecified atom stereocenters. The number of anilines is 2. The highest BCUT2D eigenvalue weighted by Crippen LogP contribution is 2.27. The SMILES string of the molecule is CC(C)C1COC(=O)N1c1ccnc(N[C@@H](C)c2cc3cc(Cl)ccc3[nH]c2=O)n1. The Kier molecular flexibility index (Phi) is 5.34. The van der Waals surface area contributed by atoms with Crippen molar-refractivity contribution >= 4 is 40.4 Å². The summed E-state index contributed by atoms with van der Waals surface area (Å²) in [7, 11) is 0. The molecule has 0 radical (unpaired) electrons. The molecular formula is C21H22ClN5O3. The number of rotatable bonds is 5. The highest BCUT2D eigenvalue weighted by atomic mass is 35.5. The van der Waals surface area contributed by atoms with Gasteiger partial charge >= 0.3 is 6.09 Å². The lowest BCUT2D eigenvalue weighted by molar-refractivity contribution is 0.177. The normalized spacial score (nSPS) is 17.4. The molecule has 1 aliphatic rings. The lowest BCUT2D eigenvalue weighted by Crippen LogP contribution is -2.37. The summed E-state index contributed by atoms with van der Waals surface area (Å²) >= 11 is 6.08. The van der Waals surface area contributed by atoms with Crippen molar-refractivity contribution in [2.24, 2.45) is 5.92 Å². The van der Waals surface area contributed by atoms with Gasteiger partial charge in [0.15, 0.2) is 0 Å². The fraction of sp³-hybridized carbons (Fsp3) is 0.333. The lowest BCUT2D eigenvalue weighted by Gasteiger charge is -2.23. The summed E-state index contributed by atoms with van der Waals surface area (Å²) in [6, 6.07) is 8.30. The van der Waals surface area contributed by atoms with E-state index in [1.54, 1.807) is 41.4 Å². The molecule has 2 N–H and O–H groups in total. The Bertz CT molecular complexity index is 1160. The Labute approximate surface area is 178 Å². The van der Waals surface area contributed by atoms with Crippen molar-refractivity contribution in [2.45, 2.75) is 32.9 Å². The predicted molar refractivity (Wildman–Crippen MR) is 116 cm³/mol. The first-order valence-electron chi connectivity index (χ1n) is 9.71. The van der Waals surface area contributed by atoms with Crippen LogP contribution in [0.5, 0.6) is 0 Å². The molecule has 1 fully saturated rings. The molecule has 30 heavy (non-hydrogen) atoms. The molecule has 1 aliphatic heterocycles. The number of fused-ring (bicyclic) bond motifs is 1. The van der Waals surface area contributed by atoms with Gasteiger partial charge in [0.25, 0.3) is 5.56 Å². The van der Waals surface area contributed by atoms with Crippen LogP contribution in [0.4, 0.5) is 16.6 Å². The number of hydrogen-bond donors (Lipinski definition) is 2. The molecule has 3 heterocycles. The zero-order valence-electron chi connectivity index (χ0n) is 16.8. The second-order valence-electron chi connectivity index (χ2n) is 7.65. The smallest absolute Gasteiger partial charge is 0.415 e. The number of cyclic esters (lactones) is 1. The molecule has 0 spiro atoms. The van der Waals surface area contributed by atoms with Crippen molar-refractivity contribution in [3.63, 3.8) is 0 Å². The van der Waals surface area contributed by atoms with E-state index in [1.807, 2.05) is 20.8 Å². The van der Waals surface area contributed by atoms with Gasteiger partial charge in [-0.25, -0.2) is 9.78 Å². The van der Waals surface area contributed by atoms with Crippen LogP contribution in [-0.2, 0) is 4.74 Å². The van der Waals surface area contributed by atoms with E-state index in [2.05, 4.69) is 20.3 Å². The molecule has 9 heteroatoms.